The SMILES string of the molecule is Cc1ccc(F)cc1NC(=O)C1CC(c2ccccc2)NN1. The number of hydrogen-bond donors (Lipinski definition) is 3. The van der Waals surface area contributed by atoms with Crippen molar-refractivity contribution in [3.63, 3.8) is 0 Å². The third kappa shape index (κ3) is 3.16. The van der Waals surface area contributed by atoms with Crippen molar-refractivity contribution < 1.29 is 9.18 Å². The van der Waals surface area contributed by atoms with E-state index in [4.69, 9.17) is 0 Å². The second-order valence-electron chi connectivity index (χ2n) is 5.49. The van der Waals surface area contributed by atoms with Crippen molar-refractivity contribution >= 4 is 11.6 Å². The van der Waals surface area contributed by atoms with Crippen molar-refractivity contribution in [3.05, 3.63) is 65.5 Å². The van der Waals surface area contributed by atoms with Gasteiger partial charge < -0.3 is 5.32 Å². The van der Waals surface area contributed by atoms with Crippen molar-refractivity contribution in [2.45, 2.75) is 25.4 Å². The Balaban J connectivity index is 1.66. The fraction of sp³-hybridized carbons (Fsp3) is 0.235. The molecule has 2 unspecified atom stereocenters. The van der Waals surface area contributed by atoms with Crippen LogP contribution in [0.4, 0.5) is 10.1 Å². The monoisotopic (exact) mass is 299 g/mol. The Labute approximate surface area is 128 Å². The molecular formula is C17H18FN3O. The molecule has 2 aromatic rings. The second-order valence-corrected chi connectivity index (χ2v) is 5.49. The minimum Gasteiger partial charge on any atom is -0.324 e. The Bertz CT molecular complexity index is 675. The molecule has 1 saturated heterocycles. The van der Waals surface area contributed by atoms with Crippen molar-refractivity contribution in [3.8, 4) is 0 Å². The Morgan fingerprint density at radius 1 is 1.18 bits per heavy atom. The maximum absolute atomic E-state index is 13.3. The summed E-state index contributed by atoms with van der Waals surface area (Å²) in [6.45, 7) is 1.84. The van der Waals surface area contributed by atoms with Crippen LogP contribution in [0, 0.1) is 12.7 Å². The normalized spacial score (nSPS) is 20.8. The first-order valence-corrected chi connectivity index (χ1v) is 7.26. The van der Waals surface area contributed by atoms with Crippen molar-refractivity contribution in [2.24, 2.45) is 0 Å². The summed E-state index contributed by atoms with van der Waals surface area (Å²) in [7, 11) is 0. The molecule has 2 aromatic carbocycles. The lowest BCUT2D eigenvalue weighted by Gasteiger charge is -2.12. The van der Waals surface area contributed by atoms with Crippen molar-refractivity contribution in [1.29, 1.82) is 0 Å². The molecule has 0 aliphatic carbocycles. The molecule has 1 amide bonds. The fourth-order valence-electron chi connectivity index (χ4n) is 2.58. The van der Waals surface area contributed by atoms with Gasteiger partial charge in [0.05, 0.1) is 0 Å². The molecule has 5 heteroatoms. The van der Waals surface area contributed by atoms with Crippen LogP contribution >= 0.6 is 0 Å². The number of rotatable bonds is 3. The standard InChI is InChI=1S/C17H18FN3O/c1-11-7-8-13(18)9-14(11)19-17(22)16-10-15(20-21-16)12-5-3-2-4-6-12/h2-9,15-16,20-21H,10H2,1H3,(H,19,22). The summed E-state index contributed by atoms with van der Waals surface area (Å²) in [4.78, 5) is 12.3. The summed E-state index contributed by atoms with van der Waals surface area (Å²) in [5.41, 5.74) is 8.61. The molecular weight excluding hydrogens is 281 g/mol. The number of halogens is 1. The first-order valence-electron chi connectivity index (χ1n) is 7.26. The average molecular weight is 299 g/mol. The van der Waals surface area contributed by atoms with Gasteiger partial charge in [0.1, 0.15) is 11.9 Å². The van der Waals surface area contributed by atoms with E-state index in [0.29, 0.717) is 12.1 Å². The number of hydrazine groups is 1. The zero-order chi connectivity index (χ0) is 15.5. The second kappa shape index (κ2) is 6.25. The van der Waals surface area contributed by atoms with Gasteiger partial charge in [-0.15, -0.1) is 0 Å². The number of carbonyl (C=O) groups is 1. The van der Waals surface area contributed by atoms with Gasteiger partial charge in [-0.2, -0.15) is 0 Å². The van der Waals surface area contributed by atoms with Crippen LogP contribution in [-0.2, 0) is 4.79 Å². The lowest BCUT2D eigenvalue weighted by molar-refractivity contribution is -0.117. The van der Waals surface area contributed by atoms with Crippen LogP contribution in [0.15, 0.2) is 48.5 Å². The highest BCUT2D eigenvalue weighted by Crippen LogP contribution is 2.23. The third-order valence-corrected chi connectivity index (χ3v) is 3.88. The lowest BCUT2D eigenvalue weighted by Crippen LogP contribution is -2.39. The predicted octanol–water partition coefficient (Wildman–Crippen LogP) is 2.68. The maximum atomic E-state index is 13.3. The van der Waals surface area contributed by atoms with Gasteiger partial charge in [0.25, 0.3) is 0 Å². The summed E-state index contributed by atoms with van der Waals surface area (Å²) >= 11 is 0. The van der Waals surface area contributed by atoms with Gasteiger partial charge in [-0.3, -0.25) is 4.79 Å². The number of benzene rings is 2. The summed E-state index contributed by atoms with van der Waals surface area (Å²) in [6, 6.07) is 14.1. The molecule has 22 heavy (non-hydrogen) atoms. The molecule has 2 atom stereocenters. The van der Waals surface area contributed by atoms with E-state index in [0.717, 1.165) is 11.1 Å². The minimum absolute atomic E-state index is 0.0885. The van der Waals surface area contributed by atoms with Crippen LogP contribution in [0.3, 0.4) is 0 Å². The molecule has 0 radical (unpaired) electrons. The molecule has 0 aromatic heterocycles. The van der Waals surface area contributed by atoms with E-state index in [2.05, 4.69) is 16.2 Å². The molecule has 1 aliphatic rings. The molecule has 0 bridgehead atoms. The number of nitrogens with one attached hydrogen (secondary N) is 3. The minimum atomic E-state index is -0.361. The number of aryl methyl sites for hydroxylation is 1. The first-order chi connectivity index (χ1) is 10.6. The molecule has 3 rings (SSSR count). The largest absolute Gasteiger partial charge is 0.324 e. The molecule has 3 N–H and O–H groups in total. The van der Waals surface area contributed by atoms with Crippen molar-refractivity contribution in [1.82, 2.24) is 10.9 Å². The first kappa shape index (κ1) is 14.7. The Kier molecular flexibility index (Phi) is 4.18. The van der Waals surface area contributed by atoms with Crippen LogP contribution in [0.2, 0.25) is 0 Å². The van der Waals surface area contributed by atoms with Crippen LogP contribution in [-0.4, -0.2) is 11.9 Å². The van der Waals surface area contributed by atoms with Gasteiger partial charge in [0, 0.05) is 11.7 Å². The van der Waals surface area contributed by atoms with E-state index < -0.39 is 0 Å². The molecule has 0 saturated carbocycles. The smallest absolute Gasteiger partial charge is 0.242 e. The van der Waals surface area contributed by atoms with E-state index in [1.165, 1.54) is 12.1 Å². The molecule has 4 nitrogen and oxygen atoms in total. The molecule has 1 heterocycles. The van der Waals surface area contributed by atoms with Crippen molar-refractivity contribution in [2.75, 3.05) is 5.32 Å². The summed E-state index contributed by atoms with van der Waals surface area (Å²) in [5, 5.41) is 2.78. The van der Waals surface area contributed by atoms with Gasteiger partial charge in [-0.05, 0) is 36.6 Å². The Morgan fingerprint density at radius 3 is 2.73 bits per heavy atom. The topological polar surface area (TPSA) is 53.2 Å². The summed E-state index contributed by atoms with van der Waals surface area (Å²) < 4.78 is 13.3. The zero-order valence-electron chi connectivity index (χ0n) is 12.3. The quantitative estimate of drug-likeness (QED) is 0.817. The predicted molar refractivity (Wildman–Crippen MR) is 83.6 cm³/mol. The molecule has 114 valence electrons. The van der Waals surface area contributed by atoms with Gasteiger partial charge >= 0.3 is 0 Å². The number of carbonyl (C=O) groups excluding carboxylic acids is 1. The van der Waals surface area contributed by atoms with Crippen LogP contribution in [0.5, 0.6) is 0 Å². The van der Waals surface area contributed by atoms with Gasteiger partial charge in [0.2, 0.25) is 5.91 Å². The Hall–Kier alpha value is -2.24. The number of amides is 1. The molecule has 1 aliphatic heterocycles. The maximum Gasteiger partial charge on any atom is 0.242 e. The van der Waals surface area contributed by atoms with Gasteiger partial charge in [-0.25, -0.2) is 15.2 Å². The van der Waals surface area contributed by atoms with Gasteiger partial charge in [0.15, 0.2) is 0 Å². The van der Waals surface area contributed by atoms with Crippen LogP contribution in [0.25, 0.3) is 0 Å². The van der Waals surface area contributed by atoms with E-state index in [-0.39, 0.29) is 23.8 Å². The molecule has 0 spiro atoms. The third-order valence-electron chi connectivity index (χ3n) is 3.88. The number of anilines is 1. The van der Waals surface area contributed by atoms with E-state index >= 15 is 0 Å². The van der Waals surface area contributed by atoms with E-state index in [9.17, 15) is 9.18 Å². The van der Waals surface area contributed by atoms with Crippen LogP contribution < -0.4 is 16.2 Å². The highest BCUT2D eigenvalue weighted by Gasteiger charge is 2.30. The molecule has 1 fully saturated rings. The van der Waals surface area contributed by atoms with Crippen LogP contribution in [0.1, 0.15) is 23.6 Å². The lowest BCUT2D eigenvalue weighted by atomic mass is 10.0. The fourth-order valence-corrected chi connectivity index (χ4v) is 2.58. The highest BCUT2D eigenvalue weighted by atomic mass is 19.1. The van der Waals surface area contributed by atoms with Gasteiger partial charge in [-0.1, -0.05) is 36.4 Å². The van der Waals surface area contributed by atoms with E-state index in [1.807, 2.05) is 37.3 Å². The summed E-state index contributed by atoms with van der Waals surface area (Å²) in [6.07, 6.45) is 0.643. The zero-order valence-corrected chi connectivity index (χ0v) is 12.3. The number of hydrogen-bond acceptors (Lipinski definition) is 3. The average Bonchev–Trinajstić information content (AvgIpc) is 3.02. The Morgan fingerprint density at radius 2 is 1.95 bits per heavy atom. The summed E-state index contributed by atoms with van der Waals surface area (Å²) in [5.74, 6) is -0.528. The highest BCUT2D eigenvalue weighted by molar-refractivity contribution is 5.95. The van der Waals surface area contributed by atoms with E-state index in [1.54, 1.807) is 6.07 Å².